The summed E-state index contributed by atoms with van der Waals surface area (Å²) in [5.41, 5.74) is 1.58. The van der Waals surface area contributed by atoms with Crippen molar-refractivity contribution < 1.29 is 67.7 Å². The number of piperazine rings is 1. The van der Waals surface area contributed by atoms with Gasteiger partial charge in [-0.25, -0.2) is 4.79 Å². The summed E-state index contributed by atoms with van der Waals surface area (Å²) in [6.45, 7) is 12.3. The number of likely N-dealkylation sites (N-methyl/N-ethyl adjacent to an activating group) is 1. The number of methoxy groups -OCH3 is 3. The van der Waals surface area contributed by atoms with Gasteiger partial charge in [-0.1, -0.05) is 38.5 Å². The zero-order chi connectivity index (χ0) is 50.6. The summed E-state index contributed by atoms with van der Waals surface area (Å²) in [6.07, 6.45) is 4.43. The molecule has 14 atom stereocenters. The number of piperidine rings is 1. The molecule has 0 spiro atoms. The van der Waals surface area contributed by atoms with Crippen LogP contribution < -0.4 is 0 Å². The van der Waals surface area contributed by atoms with Crippen LogP contribution >= 0.6 is 0 Å². The maximum atomic E-state index is 14.6. The van der Waals surface area contributed by atoms with Crippen LogP contribution in [0.5, 0.6) is 0 Å². The first-order valence-electron chi connectivity index (χ1n) is 25.6. The van der Waals surface area contributed by atoms with Gasteiger partial charge in [0.05, 0.1) is 43.7 Å². The SMILES string of the molecule is CO[C@H]1C[C@@H](C)C/C(C)=C/[C@@H](CCCC(=O)N2CCN(C)CC2)C(=O)C[C@H](O)[C@@H](C)[C@@H](/C(C)=C/[C@@H]2CC[C@@H](OCCO)[C@H](OC)C2)OC(=O)[C@@H]2CCCCN2C(=O)C(=O)[C@]2(O)O[C@H]1[C@@H](OC)C[C@H]2C. The third-order valence-electron chi connectivity index (χ3n) is 15.6. The fourth-order valence-electron chi connectivity index (χ4n) is 11.4. The molecule has 3 saturated heterocycles. The van der Waals surface area contributed by atoms with Crippen molar-refractivity contribution in [3.05, 3.63) is 23.3 Å². The van der Waals surface area contributed by atoms with Gasteiger partial charge >= 0.3 is 5.97 Å². The van der Waals surface area contributed by atoms with Gasteiger partial charge in [0, 0.05) is 84.6 Å². The number of aliphatic hydroxyl groups excluding tert-OH is 2. The Balaban J connectivity index is 1.51. The molecule has 17 nitrogen and oxygen atoms in total. The smallest absolute Gasteiger partial charge is 0.329 e. The van der Waals surface area contributed by atoms with E-state index in [4.69, 9.17) is 28.4 Å². The van der Waals surface area contributed by atoms with E-state index in [1.54, 1.807) is 21.0 Å². The number of nitrogens with zero attached hydrogens (tertiary/aromatic N) is 3. The Kier molecular flexibility index (Phi) is 21.8. The van der Waals surface area contributed by atoms with Crippen molar-refractivity contribution in [2.45, 2.75) is 173 Å². The van der Waals surface area contributed by atoms with E-state index in [1.807, 2.05) is 44.9 Å². The van der Waals surface area contributed by atoms with Crippen LogP contribution in [0.2, 0.25) is 0 Å². The first-order valence-corrected chi connectivity index (χ1v) is 25.6. The molecule has 69 heavy (non-hydrogen) atoms. The molecular weight excluding hydrogens is 891 g/mol. The number of Topliss-reactive ketones (excluding diaryl/α,β-unsaturated/α-hetero) is 2. The monoisotopic (exact) mass is 976 g/mol. The predicted octanol–water partition coefficient (Wildman–Crippen LogP) is 4.02. The number of carbonyl (C=O) groups excluding carboxylic acids is 5. The molecule has 4 aliphatic heterocycles. The Labute approximate surface area is 410 Å². The van der Waals surface area contributed by atoms with Crippen LogP contribution in [0.4, 0.5) is 0 Å². The van der Waals surface area contributed by atoms with Gasteiger partial charge in [-0.15, -0.1) is 0 Å². The number of rotatable bonds is 12. The highest BCUT2D eigenvalue weighted by Crippen LogP contribution is 2.39. The number of carbonyl (C=O) groups is 5. The van der Waals surface area contributed by atoms with Gasteiger partial charge in [-0.05, 0) is 109 Å². The second-order valence-corrected chi connectivity index (χ2v) is 20.9. The Morgan fingerprint density at radius 1 is 0.884 bits per heavy atom. The van der Waals surface area contributed by atoms with Gasteiger partial charge in [0.1, 0.15) is 24.0 Å². The van der Waals surface area contributed by atoms with E-state index < -0.39 is 77.8 Å². The molecular formula is C52H85N3O14. The van der Waals surface area contributed by atoms with E-state index >= 15 is 0 Å². The highest BCUT2D eigenvalue weighted by Gasteiger charge is 2.56. The normalized spacial score (nSPS) is 37.6. The summed E-state index contributed by atoms with van der Waals surface area (Å²) in [5, 5.41) is 33.6. The molecule has 5 rings (SSSR count). The highest BCUT2D eigenvalue weighted by atomic mass is 16.7. The third-order valence-corrected chi connectivity index (χ3v) is 15.6. The lowest BCUT2D eigenvalue weighted by Gasteiger charge is -2.47. The number of cyclic esters (lactones) is 1. The molecule has 0 radical (unpaired) electrons. The maximum absolute atomic E-state index is 14.6. The lowest BCUT2D eigenvalue weighted by Crippen LogP contribution is -2.64. The predicted molar refractivity (Wildman–Crippen MR) is 257 cm³/mol. The van der Waals surface area contributed by atoms with Gasteiger partial charge in [0.25, 0.3) is 11.7 Å². The molecule has 1 saturated carbocycles. The maximum Gasteiger partial charge on any atom is 0.329 e. The summed E-state index contributed by atoms with van der Waals surface area (Å²) in [7, 11) is 6.71. The number of fused-ring (bicyclic) bond motifs is 3. The van der Waals surface area contributed by atoms with E-state index in [9.17, 15) is 39.3 Å². The number of amides is 2. The highest BCUT2D eigenvalue weighted by molar-refractivity contribution is 6.39. The number of esters is 1. The first kappa shape index (κ1) is 56.8. The first-order chi connectivity index (χ1) is 32.8. The van der Waals surface area contributed by atoms with Gasteiger partial charge in [-0.2, -0.15) is 0 Å². The van der Waals surface area contributed by atoms with Crippen LogP contribution in [-0.2, 0) is 52.4 Å². The lowest BCUT2D eigenvalue weighted by atomic mass is 9.81. The van der Waals surface area contributed by atoms with Crippen molar-refractivity contribution in [2.75, 3.05) is 74.3 Å². The van der Waals surface area contributed by atoms with Gasteiger partial charge in [0.2, 0.25) is 11.7 Å². The zero-order valence-corrected chi connectivity index (χ0v) is 43.0. The summed E-state index contributed by atoms with van der Waals surface area (Å²) >= 11 is 0. The molecule has 0 unspecified atom stereocenters. The van der Waals surface area contributed by atoms with E-state index in [0.29, 0.717) is 76.5 Å². The zero-order valence-electron chi connectivity index (χ0n) is 43.0. The molecule has 3 N–H and O–H groups in total. The van der Waals surface area contributed by atoms with Crippen molar-refractivity contribution in [3.8, 4) is 0 Å². The molecule has 2 amide bonds. The van der Waals surface area contributed by atoms with Crippen molar-refractivity contribution in [2.24, 2.45) is 29.6 Å². The van der Waals surface area contributed by atoms with Crippen LogP contribution in [0.25, 0.3) is 0 Å². The fourth-order valence-corrected chi connectivity index (χ4v) is 11.4. The quantitative estimate of drug-likeness (QED) is 0.143. The second-order valence-electron chi connectivity index (χ2n) is 20.9. The van der Waals surface area contributed by atoms with Crippen molar-refractivity contribution in [1.82, 2.24) is 14.7 Å². The average Bonchev–Trinajstić information content (AvgIpc) is 3.33. The summed E-state index contributed by atoms with van der Waals surface area (Å²) in [5.74, 6) is -8.00. The third kappa shape index (κ3) is 14.7. The van der Waals surface area contributed by atoms with Crippen LogP contribution in [0.1, 0.15) is 118 Å². The molecule has 1 aliphatic carbocycles. The van der Waals surface area contributed by atoms with Crippen LogP contribution in [0.3, 0.4) is 0 Å². The van der Waals surface area contributed by atoms with Crippen molar-refractivity contribution in [3.63, 3.8) is 0 Å². The number of aliphatic hydroxyl groups is 3. The van der Waals surface area contributed by atoms with E-state index in [-0.39, 0.29) is 74.8 Å². The van der Waals surface area contributed by atoms with Crippen molar-refractivity contribution in [1.29, 1.82) is 0 Å². The van der Waals surface area contributed by atoms with Gasteiger partial charge in [0.15, 0.2) is 0 Å². The molecule has 4 heterocycles. The van der Waals surface area contributed by atoms with E-state index in [2.05, 4.69) is 4.90 Å². The number of hydrogen-bond acceptors (Lipinski definition) is 15. The summed E-state index contributed by atoms with van der Waals surface area (Å²) < 4.78 is 36.2. The van der Waals surface area contributed by atoms with Crippen LogP contribution in [0.15, 0.2) is 23.3 Å². The minimum absolute atomic E-state index is 0.0185. The largest absolute Gasteiger partial charge is 0.456 e. The van der Waals surface area contributed by atoms with E-state index in [0.717, 1.165) is 25.1 Å². The number of ether oxygens (including phenoxy) is 6. The molecule has 0 aromatic heterocycles. The topological polar surface area (TPSA) is 211 Å². The molecule has 392 valence electrons. The lowest BCUT2D eigenvalue weighted by molar-refractivity contribution is -0.302. The second kappa shape index (κ2) is 26.5. The fraction of sp³-hybridized carbons (Fsp3) is 0.827. The minimum atomic E-state index is -2.54. The minimum Gasteiger partial charge on any atom is -0.456 e. The molecule has 0 aromatic rings. The van der Waals surface area contributed by atoms with E-state index in [1.165, 1.54) is 19.1 Å². The Morgan fingerprint density at radius 2 is 1.57 bits per heavy atom. The summed E-state index contributed by atoms with van der Waals surface area (Å²) in [6, 6.07) is -1.17. The van der Waals surface area contributed by atoms with Crippen LogP contribution in [0, 0.1) is 29.6 Å². The van der Waals surface area contributed by atoms with Crippen molar-refractivity contribution >= 4 is 29.4 Å². The molecule has 17 heteroatoms. The molecule has 0 aromatic carbocycles. The standard InChI is InChI=1S/C52H85N3O14/c1-32-25-33(2)27-44(65-8)48-45(66-9)29-35(4)52(63,69-48)49(60)50(61)55-18-11-10-14-39(55)51(62)68-47(34(3)28-37-16-17-42(67-24-23-56)43(30-37)64-7)36(5)40(57)31-41(58)38(26-32)13-12-15-46(59)54-21-19-53(6)20-22-54/h26,28,33,35-40,42-45,47-48,56-57,63H,10-25,27,29-31H2,1-9H3/b32-26+,34-28+/t33-,35+,36+,37-,38+,39-,40-,42+,43+,44-,45-,47+,48+,52+/m0/s1. The van der Waals surface area contributed by atoms with Gasteiger partial charge in [-0.3, -0.25) is 19.2 Å². The molecule has 2 bridgehead atoms. The van der Waals surface area contributed by atoms with Gasteiger partial charge < -0.3 is 58.4 Å². The molecule has 5 aliphatic rings. The number of ketones is 2. The number of hydrogen-bond donors (Lipinski definition) is 3. The Morgan fingerprint density at radius 3 is 2.23 bits per heavy atom. The molecule has 4 fully saturated rings. The summed E-state index contributed by atoms with van der Waals surface area (Å²) in [4.78, 5) is 76.5. The average molecular weight is 976 g/mol. The Hall–Kier alpha value is -3.13. The number of allylic oxidation sites excluding steroid dienone is 3. The Bertz CT molecular complexity index is 1790. The van der Waals surface area contributed by atoms with Crippen LogP contribution in [-0.4, -0.2) is 188 Å².